The minimum atomic E-state index is -0.408. The monoisotopic (exact) mass is 369 g/mol. The third-order valence-electron chi connectivity index (χ3n) is 3.81. The standard InChI is InChI=1S/C19H12ClNO3S/c1-23-14-6-7-17-12(8-14)9-15(19(22)24-17)18-21-16(10-25-18)11-2-4-13(20)5-3-11/h2-10H,1H3. The predicted octanol–water partition coefficient (Wildman–Crippen LogP) is 5.25. The summed E-state index contributed by atoms with van der Waals surface area (Å²) in [6, 6.07) is 14.5. The van der Waals surface area contributed by atoms with Gasteiger partial charge < -0.3 is 9.15 Å². The second kappa shape index (κ2) is 6.35. The van der Waals surface area contributed by atoms with Crippen LogP contribution in [-0.4, -0.2) is 12.1 Å². The summed E-state index contributed by atoms with van der Waals surface area (Å²) in [7, 11) is 1.60. The van der Waals surface area contributed by atoms with Gasteiger partial charge in [0.15, 0.2) is 0 Å². The van der Waals surface area contributed by atoms with Crippen LogP contribution in [0.15, 0.2) is 63.1 Å². The van der Waals surface area contributed by atoms with E-state index >= 15 is 0 Å². The zero-order valence-electron chi connectivity index (χ0n) is 13.2. The fourth-order valence-corrected chi connectivity index (χ4v) is 3.49. The number of benzene rings is 2. The molecular formula is C19H12ClNO3S. The number of fused-ring (bicyclic) bond motifs is 1. The van der Waals surface area contributed by atoms with E-state index in [9.17, 15) is 4.79 Å². The first-order valence-corrected chi connectivity index (χ1v) is 8.73. The van der Waals surface area contributed by atoms with Crippen molar-refractivity contribution in [2.24, 2.45) is 0 Å². The van der Waals surface area contributed by atoms with E-state index in [-0.39, 0.29) is 0 Å². The number of rotatable bonds is 3. The Balaban J connectivity index is 1.80. The number of halogens is 1. The van der Waals surface area contributed by atoms with Crippen LogP contribution in [-0.2, 0) is 0 Å². The van der Waals surface area contributed by atoms with Crippen LogP contribution in [0.1, 0.15) is 0 Å². The number of ether oxygens (including phenoxy) is 1. The predicted molar refractivity (Wildman–Crippen MR) is 101 cm³/mol. The average molecular weight is 370 g/mol. The smallest absolute Gasteiger partial charge is 0.346 e. The Morgan fingerprint density at radius 1 is 1.12 bits per heavy atom. The molecule has 0 fully saturated rings. The maximum Gasteiger partial charge on any atom is 0.346 e. The highest BCUT2D eigenvalue weighted by atomic mass is 35.5. The van der Waals surface area contributed by atoms with Gasteiger partial charge in [0.25, 0.3) is 0 Å². The largest absolute Gasteiger partial charge is 0.497 e. The van der Waals surface area contributed by atoms with Crippen LogP contribution in [0.5, 0.6) is 5.75 Å². The highest BCUT2D eigenvalue weighted by Crippen LogP contribution is 2.30. The van der Waals surface area contributed by atoms with E-state index in [1.807, 2.05) is 35.7 Å². The van der Waals surface area contributed by atoms with Gasteiger partial charge in [0.2, 0.25) is 0 Å². The van der Waals surface area contributed by atoms with Crippen LogP contribution in [0.25, 0.3) is 32.8 Å². The lowest BCUT2D eigenvalue weighted by atomic mass is 10.1. The molecule has 4 aromatic rings. The van der Waals surface area contributed by atoms with Crippen molar-refractivity contribution >= 4 is 33.9 Å². The number of hydrogen-bond donors (Lipinski definition) is 0. The molecule has 0 aliphatic carbocycles. The SMILES string of the molecule is COc1ccc2oc(=O)c(-c3nc(-c4ccc(Cl)cc4)cs3)cc2c1. The van der Waals surface area contributed by atoms with Gasteiger partial charge >= 0.3 is 5.63 Å². The van der Waals surface area contributed by atoms with Crippen LogP contribution in [0, 0.1) is 0 Å². The molecule has 2 aromatic carbocycles. The van der Waals surface area contributed by atoms with Crippen LogP contribution in [0.4, 0.5) is 0 Å². The van der Waals surface area contributed by atoms with Crippen molar-refractivity contribution in [1.29, 1.82) is 0 Å². The Bertz CT molecular complexity index is 1120. The quantitative estimate of drug-likeness (QED) is 0.463. The first-order valence-electron chi connectivity index (χ1n) is 7.48. The summed E-state index contributed by atoms with van der Waals surface area (Å²) in [5.41, 5.74) is 2.28. The van der Waals surface area contributed by atoms with Gasteiger partial charge in [0.05, 0.1) is 18.4 Å². The summed E-state index contributed by atoms with van der Waals surface area (Å²) < 4.78 is 10.6. The molecular weight excluding hydrogens is 358 g/mol. The Kier molecular flexibility index (Phi) is 4.03. The number of aromatic nitrogens is 1. The highest BCUT2D eigenvalue weighted by molar-refractivity contribution is 7.13. The number of thiazole rings is 1. The zero-order valence-corrected chi connectivity index (χ0v) is 14.7. The molecule has 0 spiro atoms. The second-order valence-corrected chi connectivity index (χ2v) is 6.69. The van der Waals surface area contributed by atoms with Crippen molar-refractivity contribution in [2.45, 2.75) is 0 Å². The minimum Gasteiger partial charge on any atom is -0.497 e. The number of hydrogen-bond acceptors (Lipinski definition) is 5. The molecule has 0 bridgehead atoms. The number of methoxy groups -OCH3 is 1. The van der Waals surface area contributed by atoms with E-state index in [1.165, 1.54) is 11.3 Å². The zero-order chi connectivity index (χ0) is 17.4. The summed E-state index contributed by atoms with van der Waals surface area (Å²) in [5.74, 6) is 0.702. The molecule has 25 heavy (non-hydrogen) atoms. The topological polar surface area (TPSA) is 52.3 Å². The Hall–Kier alpha value is -2.63. The van der Waals surface area contributed by atoms with Gasteiger partial charge in [-0.1, -0.05) is 23.7 Å². The van der Waals surface area contributed by atoms with Gasteiger partial charge in [-0.2, -0.15) is 0 Å². The molecule has 0 amide bonds. The van der Waals surface area contributed by atoms with E-state index in [4.69, 9.17) is 20.8 Å². The van der Waals surface area contributed by atoms with Crippen molar-refractivity contribution in [3.8, 4) is 27.6 Å². The van der Waals surface area contributed by atoms with Gasteiger partial charge in [-0.05, 0) is 36.4 Å². The van der Waals surface area contributed by atoms with Crippen molar-refractivity contribution in [1.82, 2.24) is 4.98 Å². The minimum absolute atomic E-state index is 0.408. The summed E-state index contributed by atoms with van der Waals surface area (Å²) in [6.45, 7) is 0. The fraction of sp³-hybridized carbons (Fsp3) is 0.0526. The fourth-order valence-electron chi connectivity index (χ4n) is 2.53. The lowest BCUT2D eigenvalue weighted by molar-refractivity contribution is 0.415. The first-order chi connectivity index (χ1) is 12.1. The third kappa shape index (κ3) is 3.04. The average Bonchev–Trinajstić information content (AvgIpc) is 3.11. The molecule has 0 saturated heterocycles. The molecule has 124 valence electrons. The molecule has 6 heteroatoms. The highest BCUT2D eigenvalue weighted by Gasteiger charge is 2.13. The second-order valence-electron chi connectivity index (χ2n) is 5.40. The van der Waals surface area contributed by atoms with Crippen LogP contribution < -0.4 is 10.4 Å². The van der Waals surface area contributed by atoms with E-state index in [2.05, 4.69) is 4.98 Å². The molecule has 0 atom stereocenters. The van der Waals surface area contributed by atoms with E-state index in [0.717, 1.165) is 16.6 Å². The van der Waals surface area contributed by atoms with Crippen LogP contribution in [0.3, 0.4) is 0 Å². The molecule has 0 unspecified atom stereocenters. The molecule has 4 nitrogen and oxygen atoms in total. The Morgan fingerprint density at radius 2 is 1.92 bits per heavy atom. The summed E-state index contributed by atoms with van der Waals surface area (Å²) >= 11 is 7.32. The van der Waals surface area contributed by atoms with E-state index in [0.29, 0.717) is 26.9 Å². The van der Waals surface area contributed by atoms with Gasteiger partial charge in [-0.25, -0.2) is 9.78 Å². The molecule has 0 saturated carbocycles. The molecule has 4 rings (SSSR count). The van der Waals surface area contributed by atoms with Crippen molar-refractivity contribution in [2.75, 3.05) is 7.11 Å². The number of nitrogens with zero attached hydrogens (tertiary/aromatic N) is 1. The molecule has 2 heterocycles. The van der Waals surface area contributed by atoms with Gasteiger partial charge in [0, 0.05) is 21.4 Å². The maximum absolute atomic E-state index is 12.3. The molecule has 2 aromatic heterocycles. The van der Waals surface area contributed by atoms with Crippen LogP contribution in [0.2, 0.25) is 5.02 Å². The van der Waals surface area contributed by atoms with Crippen LogP contribution >= 0.6 is 22.9 Å². The van der Waals surface area contributed by atoms with Crippen molar-refractivity contribution in [3.05, 3.63) is 69.4 Å². The molecule has 0 N–H and O–H groups in total. The Labute approximate surface area is 152 Å². The van der Waals surface area contributed by atoms with E-state index in [1.54, 1.807) is 25.3 Å². The normalized spacial score (nSPS) is 11.0. The summed E-state index contributed by atoms with van der Waals surface area (Å²) in [5, 5.41) is 3.98. The third-order valence-corrected chi connectivity index (χ3v) is 4.94. The van der Waals surface area contributed by atoms with Gasteiger partial charge in [-0.15, -0.1) is 11.3 Å². The lowest BCUT2D eigenvalue weighted by Crippen LogP contribution is -2.02. The van der Waals surface area contributed by atoms with Gasteiger partial charge in [0.1, 0.15) is 16.3 Å². The van der Waals surface area contributed by atoms with Crippen molar-refractivity contribution < 1.29 is 9.15 Å². The Morgan fingerprint density at radius 3 is 2.68 bits per heavy atom. The lowest BCUT2D eigenvalue weighted by Gasteiger charge is -2.03. The molecule has 0 aliphatic heterocycles. The maximum atomic E-state index is 12.3. The molecule has 0 radical (unpaired) electrons. The summed E-state index contributed by atoms with van der Waals surface area (Å²) in [4.78, 5) is 16.9. The van der Waals surface area contributed by atoms with Crippen molar-refractivity contribution in [3.63, 3.8) is 0 Å². The summed E-state index contributed by atoms with van der Waals surface area (Å²) in [6.07, 6.45) is 0. The molecule has 0 aliphatic rings. The van der Waals surface area contributed by atoms with E-state index < -0.39 is 5.63 Å². The van der Waals surface area contributed by atoms with Gasteiger partial charge in [-0.3, -0.25) is 0 Å². The first kappa shape index (κ1) is 15.9.